The van der Waals surface area contributed by atoms with Crippen molar-refractivity contribution < 1.29 is 13.2 Å². The van der Waals surface area contributed by atoms with E-state index in [-0.39, 0.29) is 5.41 Å². The summed E-state index contributed by atoms with van der Waals surface area (Å²) in [5.74, 6) is 0.525. The minimum atomic E-state index is -4.34. The van der Waals surface area contributed by atoms with Gasteiger partial charge < -0.3 is 0 Å². The van der Waals surface area contributed by atoms with Gasteiger partial charge >= 0.3 is 6.18 Å². The lowest BCUT2D eigenvalue weighted by molar-refractivity contribution is -0.137. The number of alkyl halides is 3. The average molecular weight is 362 g/mol. The number of aromatic nitrogens is 2. The van der Waals surface area contributed by atoms with Crippen molar-refractivity contribution in [3.8, 4) is 11.3 Å². The van der Waals surface area contributed by atoms with E-state index < -0.39 is 11.7 Å². The fraction of sp³-hybridized carbons (Fsp3) is 0.476. The van der Waals surface area contributed by atoms with Crippen LogP contribution in [0.15, 0.2) is 42.0 Å². The summed E-state index contributed by atoms with van der Waals surface area (Å²) in [4.78, 5) is 0. The molecule has 2 nitrogen and oxygen atoms in total. The molecule has 0 radical (unpaired) electrons. The smallest absolute Gasteiger partial charge is 0.282 e. The second kappa shape index (κ2) is 6.93. The van der Waals surface area contributed by atoms with Crippen molar-refractivity contribution in [2.24, 2.45) is 11.3 Å². The molecule has 1 unspecified atom stereocenters. The Kier molecular flexibility index (Phi) is 5.00. The number of allylic oxidation sites excluding steroid dienone is 2. The highest BCUT2D eigenvalue weighted by Crippen LogP contribution is 2.43. The Morgan fingerprint density at radius 3 is 2.69 bits per heavy atom. The summed E-state index contributed by atoms with van der Waals surface area (Å²) < 4.78 is 38.7. The fourth-order valence-corrected chi connectivity index (χ4v) is 4.02. The number of benzene rings is 1. The van der Waals surface area contributed by atoms with Gasteiger partial charge in [0.05, 0.1) is 11.3 Å². The molecule has 1 aliphatic carbocycles. The lowest BCUT2D eigenvalue weighted by atomic mass is 9.67. The first-order valence-electron chi connectivity index (χ1n) is 9.05. The van der Waals surface area contributed by atoms with Crippen molar-refractivity contribution in [1.29, 1.82) is 0 Å². The van der Waals surface area contributed by atoms with Gasteiger partial charge in [0.15, 0.2) is 0 Å². The van der Waals surface area contributed by atoms with Crippen molar-refractivity contribution in [3.63, 3.8) is 0 Å². The van der Waals surface area contributed by atoms with Crippen LogP contribution in [0.1, 0.15) is 51.3 Å². The van der Waals surface area contributed by atoms with Crippen LogP contribution in [0.5, 0.6) is 0 Å². The Bertz CT molecular complexity index is 800. The lowest BCUT2D eigenvalue weighted by Gasteiger charge is -2.38. The third kappa shape index (κ3) is 4.02. The molecule has 1 heterocycles. The molecule has 1 atom stereocenters. The molecule has 0 saturated heterocycles. The van der Waals surface area contributed by atoms with E-state index in [9.17, 15) is 13.2 Å². The molecule has 3 rings (SSSR count). The third-order valence-corrected chi connectivity index (χ3v) is 5.57. The van der Waals surface area contributed by atoms with E-state index in [1.807, 2.05) is 6.07 Å². The summed E-state index contributed by atoms with van der Waals surface area (Å²) in [6.45, 7) is 6.83. The zero-order chi connectivity index (χ0) is 18.9. The maximum absolute atomic E-state index is 12.9. The van der Waals surface area contributed by atoms with Crippen molar-refractivity contribution in [1.82, 2.24) is 10.2 Å². The van der Waals surface area contributed by atoms with Crippen LogP contribution < -0.4 is 0 Å². The molecule has 0 fully saturated rings. The molecule has 1 aliphatic rings. The quantitative estimate of drug-likeness (QED) is 0.626. The predicted octanol–water partition coefficient (Wildman–Crippen LogP) is 6.41. The summed E-state index contributed by atoms with van der Waals surface area (Å²) >= 11 is 0. The maximum atomic E-state index is 12.9. The normalized spacial score (nSPS) is 20.1. The molecule has 0 amide bonds. The SMILES string of the molecule is CC1=CCCC(C)(C)C1CCc1cc(-c2cccc(C(F)(F)F)c2)n[nH]1. The number of halogens is 3. The molecule has 1 aromatic carbocycles. The molecule has 140 valence electrons. The zero-order valence-electron chi connectivity index (χ0n) is 15.5. The van der Waals surface area contributed by atoms with Crippen LogP contribution in [0.25, 0.3) is 11.3 Å². The molecule has 5 heteroatoms. The molecule has 1 N–H and O–H groups in total. The van der Waals surface area contributed by atoms with Gasteiger partial charge in [-0.3, -0.25) is 5.10 Å². The number of hydrogen-bond acceptors (Lipinski definition) is 1. The predicted molar refractivity (Wildman–Crippen MR) is 97.6 cm³/mol. The van der Waals surface area contributed by atoms with Gasteiger partial charge in [-0.25, -0.2) is 0 Å². The van der Waals surface area contributed by atoms with Crippen LogP contribution in [-0.2, 0) is 12.6 Å². The molecule has 0 bridgehead atoms. The van der Waals surface area contributed by atoms with Crippen molar-refractivity contribution in [2.45, 2.75) is 52.6 Å². The van der Waals surface area contributed by atoms with Crippen molar-refractivity contribution in [2.75, 3.05) is 0 Å². The van der Waals surface area contributed by atoms with Gasteiger partial charge in [-0.2, -0.15) is 18.3 Å². The minimum absolute atomic E-state index is 0.280. The number of aryl methyl sites for hydroxylation is 1. The standard InChI is InChI=1S/C21H25F3N2/c1-14-6-5-11-20(2,3)18(14)10-9-17-13-19(26-25-17)15-7-4-8-16(12-15)21(22,23)24/h4,6-8,12-13,18H,5,9-11H2,1-3H3,(H,25,26). The van der Waals surface area contributed by atoms with Crippen LogP contribution in [-0.4, -0.2) is 10.2 Å². The van der Waals surface area contributed by atoms with Crippen LogP contribution in [0, 0.1) is 11.3 Å². The Labute approximate surface area is 152 Å². The molecular formula is C21H25F3N2. The molecule has 0 spiro atoms. The molecule has 1 aromatic heterocycles. The number of hydrogen-bond donors (Lipinski definition) is 1. The first-order valence-corrected chi connectivity index (χ1v) is 9.05. The largest absolute Gasteiger partial charge is 0.416 e. The first kappa shape index (κ1) is 18.7. The van der Waals surface area contributed by atoms with Crippen LogP contribution in [0.2, 0.25) is 0 Å². The van der Waals surface area contributed by atoms with E-state index in [0.717, 1.165) is 37.1 Å². The van der Waals surface area contributed by atoms with E-state index in [0.29, 0.717) is 17.2 Å². The lowest BCUT2D eigenvalue weighted by Crippen LogP contribution is -2.28. The van der Waals surface area contributed by atoms with E-state index >= 15 is 0 Å². The number of nitrogens with one attached hydrogen (secondary N) is 1. The Morgan fingerprint density at radius 1 is 1.23 bits per heavy atom. The fourth-order valence-electron chi connectivity index (χ4n) is 4.02. The number of aromatic amines is 1. The van der Waals surface area contributed by atoms with Gasteiger partial charge in [0.25, 0.3) is 0 Å². The Balaban J connectivity index is 1.73. The first-order chi connectivity index (χ1) is 12.2. The highest BCUT2D eigenvalue weighted by molar-refractivity contribution is 5.60. The number of H-pyrrole nitrogens is 1. The molecule has 0 saturated carbocycles. The second-order valence-corrected chi connectivity index (χ2v) is 7.92. The summed E-state index contributed by atoms with van der Waals surface area (Å²) in [5, 5.41) is 7.22. The van der Waals surface area contributed by atoms with E-state index in [4.69, 9.17) is 0 Å². The van der Waals surface area contributed by atoms with E-state index in [2.05, 4.69) is 37.0 Å². The van der Waals surface area contributed by atoms with Gasteiger partial charge in [0, 0.05) is 11.3 Å². The minimum Gasteiger partial charge on any atom is -0.282 e. The Hall–Kier alpha value is -2.04. The summed E-state index contributed by atoms with van der Waals surface area (Å²) in [6, 6.07) is 7.18. The van der Waals surface area contributed by atoms with Gasteiger partial charge in [-0.1, -0.05) is 37.6 Å². The average Bonchev–Trinajstić information content (AvgIpc) is 3.02. The maximum Gasteiger partial charge on any atom is 0.416 e. The van der Waals surface area contributed by atoms with E-state index in [1.165, 1.54) is 18.1 Å². The topological polar surface area (TPSA) is 28.7 Å². The summed E-state index contributed by atoms with van der Waals surface area (Å²) in [7, 11) is 0. The molecule has 0 aliphatic heterocycles. The van der Waals surface area contributed by atoms with Crippen molar-refractivity contribution in [3.05, 3.63) is 53.2 Å². The van der Waals surface area contributed by atoms with E-state index in [1.54, 1.807) is 6.07 Å². The third-order valence-electron chi connectivity index (χ3n) is 5.57. The Morgan fingerprint density at radius 2 is 2.00 bits per heavy atom. The number of nitrogens with zero attached hydrogens (tertiary/aromatic N) is 1. The van der Waals surface area contributed by atoms with Crippen LogP contribution in [0.3, 0.4) is 0 Å². The van der Waals surface area contributed by atoms with Crippen LogP contribution >= 0.6 is 0 Å². The van der Waals surface area contributed by atoms with Crippen molar-refractivity contribution >= 4 is 0 Å². The van der Waals surface area contributed by atoms with Crippen LogP contribution in [0.4, 0.5) is 13.2 Å². The van der Waals surface area contributed by atoms with Gasteiger partial charge in [-0.05, 0) is 62.1 Å². The van der Waals surface area contributed by atoms with Gasteiger partial charge in [-0.15, -0.1) is 0 Å². The monoisotopic (exact) mass is 362 g/mol. The highest BCUT2D eigenvalue weighted by atomic mass is 19.4. The number of rotatable bonds is 4. The highest BCUT2D eigenvalue weighted by Gasteiger charge is 2.32. The summed E-state index contributed by atoms with van der Waals surface area (Å²) in [6.07, 6.45) is 2.17. The molecular weight excluding hydrogens is 337 g/mol. The van der Waals surface area contributed by atoms with Gasteiger partial charge in [0.2, 0.25) is 0 Å². The summed E-state index contributed by atoms with van der Waals surface area (Å²) in [5.41, 5.74) is 3.08. The van der Waals surface area contributed by atoms with Gasteiger partial charge in [0.1, 0.15) is 0 Å². The molecule has 26 heavy (non-hydrogen) atoms. The zero-order valence-corrected chi connectivity index (χ0v) is 15.5. The molecule has 2 aromatic rings. The second-order valence-electron chi connectivity index (χ2n) is 7.92.